The SMILES string of the molecule is BCCc1ccc(CC2CN(C(C)=O)C2)c(C)c1. The molecule has 1 fully saturated rings. The third-order valence-corrected chi connectivity index (χ3v) is 3.86. The fraction of sp³-hybridized carbons (Fsp3) is 0.533. The Morgan fingerprint density at radius 2 is 2.17 bits per heavy atom. The first-order valence-electron chi connectivity index (χ1n) is 6.94. The molecule has 1 aliphatic heterocycles. The van der Waals surface area contributed by atoms with Gasteiger partial charge in [0.25, 0.3) is 0 Å². The molecule has 0 radical (unpaired) electrons. The van der Waals surface area contributed by atoms with Crippen LogP contribution in [0.25, 0.3) is 0 Å². The molecule has 18 heavy (non-hydrogen) atoms. The van der Waals surface area contributed by atoms with Gasteiger partial charge in [0.1, 0.15) is 7.85 Å². The van der Waals surface area contributed by atoms with E-state index in [1.54, 1.807) is 6.92 Å². The van der Waals surface area contributed by atoms with Gasteiger partial charge in [-0.1, -0.05) is 24.5 Å². The highest BCUT2D eigenvalue weighted by Crippen LogP contribution is 2.23. The highest BCUT2D eigenvalue weighted by molar-refractivity contribution is 6.08. The van der Waals surface area contributed by atoms with Crippen molar-refractivity contribution >= 4 is 13.8 Å². The molecule has 0 aromatic heterocycles. The Kier molecular flexibility index (Phi) is 4.10. The van der Waals surface area contributed by atoms with E-state index in [9.17, 15) is 4.79 Å². The van der Waals surface area contributed by atoms with Crippen LogP contribution < -0.4 is 0 Å². The minimum atomic E-state index is 0.210. The van der Waals surface area contributed by atoms with E-state index in [-0.39, 0.29) is 5.91 Å². The molecule has 1 aromatic rings. The van der Waals surface area contributed by atoms with Gasteiger partial charge in [0.05, 0.1) is 0 Å². The lowest BCUT2D eigenvalue weighted by Crippen LogP contribution is -2.49. The molecule has 0 unspecified atom stereocenters. The molecule has 2 nitrogen and oxygen atoms in total. The lowest BCUT2D eigenvalue weighted by Gasteiger charge is -2.39. The van der Waals surface area contributed by atoms with Crippen molar-refractivity contribution in [1.29, 1.82) is 0 Å². The van der Waals surface area contributed by atoms with Gasteiger partial charge in [0, 0.05) is 20.0 Å². The standard InChI is InChI=1S/C15H22BNO/c1-11-7-13(5-6-16)3-4-15(11)8-14-9-17(10-14)12(2)18/h3-4,7,14H,5-6,8-10,16H2,1-2H3. The van der Waals surface area contributed by atoms with E-state index >= 15 is 0 Å². The third-order valence-electron chi connectivity index (χ3n) is 3.86. The molecule has 3 heteroatoms. The summed E-state index contributed by atoms with van der Waals surface area (Å²) in [6.07, 6.45) is 3.49. The molecule has 0 N–H and O–H groups in total. The van der Waals surface area contributed by atoms with Crippen LogP contribution in [0, 0.1) is 12.8 Å². The van der Waals surface area contributed by atoms with Crippen molar-refractivity contribution in [2.24, 2.45) is 5.92 Å². The molecular weight excluding hydrogens is 221 g/mol. The number of aryl methyl sites for hydroxylation is 2. The van der Waals surface area contributed by atoms with Crippen LogP contribution >= 0.6 is 0 Å². The summed E-state index contributed by atoms with van der Waals surface area (Å²) in [6.45, 7) is 5.73. The highest BCUT2D eigenvalue weighted by Gasteiger charge is 2.28. The largest absolute Gasteiger partial charge is 0.342 e. The molecule has 1 aliphatic rings. The van der Waals surface area contributed by atoms with Gasteiger partial charge in [0.15, 0.2) is 0 Å². The average molecular weight is 243 g/mol. The molecule has 1 heterocycles. The predicted octanol–water partition coefficient (Wildman–Crippen LogP) is 1.61. The zero-order valence-electron chi connectivity index (χ0n) is 11.7. The van der Waals surface area contributed by atoms with Gasteiger partial charge in [-0.25, -0.2) is 0 Å². The summed E-state index contributed by atoms with van der Waals surface area (Å²) in [6, 6.07) is 6.85. The quantitative estimate of drug-likeness (QED) is 0.736. The second-order valence-corrected chi connectivity index (χ2v) is 5.50. The molecule has 0 bridgehead atoms. The van der Waals surface area contributed by atoms with Crippen LogP contribution in [0.1, 0.15) is 23.6 Å². The Labute approximate surface area is 111 Å². The van der Waals surface area contributed by atoms with Crippen LogP contribution in [0.15, 0.2) is 18.2 Å². The van der Waals surface area contributed by atoms with Crippen LogP contribution in [0.4, 0.5) is 0 Å². The molecule has 1 aromatic carbocycles. The van der Waals surface area contributed by atoms with Gasteiger partial charge in [0.2, 0.25) is 5.91 Å². The smallest absolute Gasteiger partial charge is 0.219 e. The van der Waals surface area contributed by atoms with E-state index in [2.05, 4.69) is 33.0 Å². The zero-order valence-corrected chi connectivity index (χ0v) is 11.7. The molecular formula is C15H22BNO. The first-order valence-corrected chi connectivity index (χ1v) is 6.94. The van der Waals surface area contributed by atoms with Crippen LogP contribution in [-0.2, 0) is 17.6 Å². The summed E-state index contributed by atoms with van der Waals surface area (Å²) in [5.74, 6) is 0.867. The third kappa shape index (κ3) is 2.95. The second-order valence-electron chi connectivity index (χ2n) is 5.50. The van der Waals surface area contributed by atoms with Crippen molar-refractivity contribution in [2.45, 2.75) is 33.0 Å². The lowest BCUT2D eigenvalue weighted by atomic mass is 9.88. The Morgan fingerprint density at radius 1 is 1.44 bits per heavy atom. The Balaban J connectivity index is 1.93. The van der Waals surface area contributed by atoms with Gasteiger partial charge >= 0.3 is 0 Å². The minimum absolute atomic E-state index is 0.210. The molecule has 96 valence electrons. The van der Waals surface area contributed by atoms with Gasteiger partial charge in [-0.15, -0.1) is 0 Å². The number of amides is 1. The minimum Gasteiger partial charge on any atom is -0.342 e. The van der Waals surface area contributed by atoms with Crippen molar-refractivity contribution in [2.75, 3.05) is 13.1 Å². The number of hydrogen-bond donors (Lipinski definition) is 0. The summed E-state index contributed by atoms with van der Waals surface area (Å²) in [7, 11) is 2.22. The van der Waals surface area contributed by atoms with Crippen molar-refractivity contribution in [3.8, 4) is 0 Å². The van der Waals surface area contributed by atoms with Crippen LogP contribution in [0.3, 0.4) is 0 Å². The molecule has 0 aliphatic carbocycles. The number of benzene rings is 1. The van der Waals surface area contributed by atoms with E-state index in [0.29, 0.717) is 5.92 Å². The van der Waals surface area contributed by atoms with Gasteiger partial charge < -0.3 is 4.90 Å². The maximum atomic E-state index is 11.1. The van der Waals surface area contributed by atoms with Gasteiger partial charge in [-0.05, 0) is 42.4 Å². The first-order chi connectivity index (χ1) is 8.60. The molecule has 1 saturated heterocycles. The Bertz CT molecular complexity index is 438. The first kappa shape index (κ1) is 13.2. The van der Waals surface area contributed by atoms with E-state index in [0.717, 1.165) is 19.5 Å². The maximum absolute atomic E-state index is 11.1. The molecule has 0 saturated carbocycles. The van der Waals surface area contributed by atoms with Crippen molar-refractivity contribution in [3.63, 3.8) is 0 Å². The fourth-order valence-electron chi connectivity index (χ4n) is 2.70. The number of carbonyl (C=O) groups is 1. The fourth-order valence-corrected chi connectivity index (χ4v) is 2.70. The number of rotatable bonds is 4. The number of nitrogens with zero attached hydrogens (tertiary/aromatic N) is 1. The Hall–Kier alpha value is -1.25. The van der Waals surface area contributed by atoms with Crippen molar-refractivity contribution in [1.82, 2.24) is 4.90 Å². The summed E-state index contributed by atoms with van der Waals surface area (Å²) >= 11 is 0. The summed E-state index contributed by atoms with van der Waals surface area (Å²) in [5, 5.41) is 0. The summed E-state index contributed by atoms with van der Waals surface area (Å²) < 4.78 is 0. The normalized spacial score (nSPS) is 15.6. The molecule has 0 atom stereocenters. The van der Waals surface area contributed by atoms with E-state index in [1.165, 1.54) is 29.4 Å². The van der Waals surface area contributed by atoms with Crippen LogP contribution in [0.2, 0.25) is 6.32 Å². The van der Waals surface area contributed by atoms with E-state index < -0.39 is 0 Å². The summed E-state index contributed by atoms with van der Waals surface area (Å²) in [5.41, 5.74) is 4.29. The molecule has 0 spiro atoms. The lowest BCUT2D eigenvalue weighted by molar-refractivity contribution is -0.134. The molecule has 1 amide bonds. The Morgan fingerprint density at radius 3 is 2.72 bits per heavy atom. The zero-order chi connectivity index (χ0) is 13.1. The van der Waals surface area contributed by atoms with Crippen molar-refractivity contribution in [3.05, 3.63) is 34.9 Å². The average Bonchev–Trinajstić information content (AvgIpc) is 2.25. The van der Waals surface area contributed by atoms with Crippen LogP contribution in [0.5, 0.6) is 0 Å². The maximum Gasteiger partial charge on any atom is 0.219 e. The summed E-state index contributed by atoms with van der Waals surface area (Å²) in [4.78, 5) is 13.1. The topological polar surface area (TPSA) is 20.3 Å². The monoisotopic (exact) mass is 243 g/mol. The van der Waals surface area contributed by atoms with Crippen molar-refractivity contribution < 1.29 is 4.79 Å². The van der Waals surface area contributed by atoms with E-state index in [1.807, 2.05) is 4.90 Å². The number of likely N-dealkylation sites (tertiary alicyclic amines) is 1. The number of hydrogen-bond acceptors (Lipinski definition) is 1. The van der Waals surface area contributed by atoms with Gasteiger partial charge in [-0.2, -0.15) is 0 Å². The second kappa shape index (κ2) is 5.60. The van der Waals surface area contributed by atoms with E-state index in [4.69, 9.17) is 0 Å². The highest BCUT2D eigenvalue weighted by atomic mass is 16.2. The van der Waals surface area contributed by atoms with Crippen LogP contribution in [-0.4, -0.2) is 31.7 Å². The number of carbonyl (C=O) groups excluding carboxylic acids is 1. The van der Waals surface area contributed by atoms with Gasteiger partial charge in [-0.3, -0.25) is 4.79 Å². The molecule has 2 rings (SSSR count). The predicted molar refractivity (Wildman–Crippen MR) is 77.7 cm³/mol.